The Bertz CT molecular complexity index is 463. The molecule has 17 heavy (non-hydrogen) atoms. The van der Waals surface area contributed by atoms with Crippen LogP contribution in [0.1, 0.15) is 16.3 Å². The lowest BCUT2D eigenvalue weighted by atomic mass is 10.2. The van der Waals surface area contributed by atoms with Gasteiger partial charge in [0.25, 0.3) is 0 Å². The minimum absolute atomic E-state index is 0.850. The SMILES string of the molecule is CSc1ccc(CNCc2nc(C)cs2)cc1. The molecule has 0 aliphatic rings. The second kappa shape index (κ2) is 6.19. The molecule has 0 aliphatic heterocycles. The average molecular weight is 264 g/mol. The number of thiazole rings is 1. The fraction of sp³-hybridized carbons (Fsp3) is 0.308. The minimum Gasteiger partial charge on any atom is -0.306 e. The van der Waals surface area contributed by atoms with Crippen molar-refractivity contribution in [2.24, 2.45) is 0 Å². The number of nitrogens with one attached hydrogen (secondary N) is 1. The molecule has 2 aromatic rings. The zero-order chi connectivity index (χ0) is 12.1. The average Bonchev–Trinajstić information content (AvgIpc) is 2.76. The molecule has 2 nitrogen and oxygen atoms in total. The zero-order valence-electron chi connectivity index (χ0n) is 10.1. The maximum absolute atomic E-state index is 4.42. The van der Waals surface area contributed by atoms with E-state index in [-0.39, 0.29) is 0 Å². The summed E-state index contributed by atoms with van der Waals surface area (Å²) < 4.78 is 0. The third kappa shape index (κ3) is 3.84. The van der Waals surface area contributed by atoms with Crippen LogP contribution in [0, 0.1) is 6.92 Å². The van der Waals surface area contributed by atoms with E-state index in [1.54, 1.807) is 23.1 Å². The lowest BCUT2D eigenvalue weighted by Crippen LogP contribution is -2.12. The Morgan fingerprint density at radius 1 is 1.24 bits per heavy atom. The van der Waals surface area contributed by atoms with Crippen molar-refractivity contribution in [2.75, 3.05) is 6.26 Å². The summed E-state index contributed by atoms with van der Waals surface area (Å²) in [4.78, 5) is 5.73. The summed E-state index contributed by atoms with van der Waals surface area (Å²) in [7, 11) is 0. The van der Waals surface area contributed by atoms with E-state index in [0.29, 0.717) is 0 Å². The van der Waals surface area contributed by atoms with Crippen molar-refractivity contribution in [3.63, 3.8) is 0 Å². The van der Waals surface area contributed by atoms with Gasteiger partial charge >= 0.3 is 0 Å². The molecule has 0 atom stereocenters. The van der Waals surface area contributed by atoms with Crippen LogP contribution in [0.15, 0.2) is 34.5 Å². The molecule has 0 saturated heterocycles. The maximum atomic E-state index is 4.42. The molecule has 0 spiro atoms. The van der Waals surface area contributed by atoms with Gasteiger partial charge in [-0.3, -0.25) is 0 Å². The zero-order valence-corrected chi connectivity index (χ0v) is 11.7. The Labute approximate surface area is 110 Å². The first-order valence-electron chi connectivity index (χ1n) is 5.52. The summed E-state index contributed by atoms with van der Waals surface area (Å²) >= 11 is 3.49. The topological polar surface area (TPSA) is 24.9 Å². The number of aryl methyl sites for hydroxylation is 1. The summed E-state index contributed by atoms with van der Waals surface area (Å²) in [5, 5.41) is 6.65. The second-order valence-electron chi connectivity index (χ2n) is 3.83. The summed E-state index contributed by atoms with van der Waals surface area (Å²) in [6, 6.07) is 8.67. The Hall–Kier alpha value is -0.840. The summed E-state index contributed by atoms with van der Waals surface area (Å²) in [5.41, 5.74) is 2.42. The molecule has 90 valence electrons. The molecule has 1 aromatic carbocycles. The Morgan fingerprint density at radius 3 is 2.59 bits per heavy atom. The predicted molar refractivity (Wildman–Crippen MR) is 75.6 cm³/mol. The summed E-state index contributed by atoms with van der Waals surface area (Å²) in [6.07, 6.45) is 2.10. The van der Waals surface area contributed by atoms with E-state index >= 15 is 0 Å². The predicted octanol–water partition coefficient (Wildman–Crippen LogP) is 3.46. The van der Waals surface area contributed by atoms with Gasteiger partial charge in [-0.1, -0.05) is 12.1 Å². The van der Waals surface area contributed by atoms with Crippen LogP contribution in [-0.2, 0) is 13.1 Å². The van der Waals surface area contributed by atoms with E-state index in [0.717, 1.165) is 23.8 Å². The first kappa shape index (κ1) is 12.6. The number of aromatic nitrogens is 1. The molecule has 0 bridgehead atoms. The van der Waals surface area contributed by atoms with Gasteiger partial charge in [-0.05, 0) is 30.9 Å². The number of hydrogen-bond acceptors (Lipinski definition) is 4. The minimum atomic E-state index is 0.850. The quantitative estimate of drug-likeness (QED) is 0.837. The van der Waals surface area contributed by atoms with E-state index < -0.39 is 0 Å². The van der Waals surface area contributed by atoms with E-state index in [9.17, 15) is 0 Å². The normalized spacial score (nSPS) is 10.7. The first-order valence-corrected chi connectivity index (χ1v) is 7.63. The van der Waals surface area contributed by atoms with Crippen LogP contribution in [0.5, 0.6) is 0 Å². The van der Waals surface area contributed by atoms with Crippen LogP contribution in [-0.4, -0.2) is 11.2 Å². The van der Waals surface area contributed by atoms with E-state index in [2.05, 4.69) is 46.2 Å². The van der Waals surface area contributed by atoms with Crippen molar-refractivity contribution < 1.29 is 0 Å². The highest BCUT2D eigenvalue weighted by Gasteiger charge is 1.98. The second-order valence-corrected chi connectivity index (χ2v) is 5.66. The number of nitrogens with zero attached hydrogens (tertiary/aromatic N) is 1. The molecule has 0 amide bonds. The van der Waals surface area contributed by atoms with Crippen molar-refractivity contribution in [3.8, 4) is 0 Å². The van der Waals surface area contributed by atoms with Gasteiger partial charge in [-0.2, -0.15) is 0 Å². The highest BCUT2D eigenvalue weighted by molar-refractivity contribution is 7.98. The van der Waals surface area contributed by atoms with E-state index in [1.165, 1.54) is 10.5 Å². The van der Waals surface area contributed by atoms with Crippen LogP contribution in [0.25, 0.3) is 0 Å². The van der Waals surface area contributed by atoms with E-state index in [1.807, 2.05) is 6.92 Å². The lowest BCUT2D eigenvalue weighted by Gasteiger charge is -2.03. The largest absolute Gasteiger partial charge is 0.306 e. The standard InChI is InChI=1S/C13H16N2S2/c1-10-9-17-13(15-10)8-14-7-11-3-5-12(16-2)6-4-11/h3-6,9,14H,7-8H2,1-2H3. The molecular weight excluding hydrogens is 248 g/mol. The van der Waals surface area contributed by atoms with Gasteiger partial charge in [0, 0.05) is 29.1 Å². The third-order valence-corrected chi connectivity index (χ3v) is 4.14. The van der Waals surface area contributed by atoms with Crippen molar-refractivity contribution in [3.05, 3.63) is 45.9 Å². The number of rotatable bonds is 5. The molecule has 0 radical (unpaired) electrons. The van der Waals surface area contributed by atoms with Crippen molar-refractivity contribution >= 4 is 23.1 Å². The van der Waals surface area contributed by atoms with Crippen molar-refractivity contribution in [2.45, 2.75) is 24.9 Å². The highest BCUT2D eigenvalue weighted by atomic mass is 32.2. The number of hydrogen-bond donors (Lipinski definition) is 1. The first-order chi connectivity index (χ1) is 8.28. The van der Waals surface area contributed by atoms with Gasteiger partial charge < -0.3 is 5.32 Å². The van der Waals surface area contributed by atoms with Gasteiger partial charge in [0.1, 0.15) is 5.01 Å². The van der Waals surface area contributed by atoms with Gasteiger partial charge in [0.05, 0.1) is 0 Å². The van der Waals surface area contributed by atoms with Gasteiger partial charge in [0.2, 0.25) is 0 Å². The highest BCUT2D eigenvalue weighted by Crippen LogP contribution is 2.15. The Balaban J connectivity index is 1.81. The Kier molecular flexibility index (Phi) is 4.59. The molecule has 0 fully saturated rings. The monoisotopic (exact) mass is 264 g/mol. The molecule has 0 unspecified atom stereocenters. The van der Waals surface area contributed by atoms with E-state index in [4.69, 9.17) is 0 Å². The fourth-order valence-electron chi connectivity index (χ4n) is 1.54. The number of benzene rings is 1. The molecule has 1 aromatic heterocycles. The fourth-order valence-corrected chi connectivity index (χ4v) is 2.69. The number of thioether (sulfide) groups is 1. The smallest absolute Gasteiger partial charge is 0.107 e. The third-order valence-electron chi connectivity index (χ3n) is 2.43. The van der Waals surface area contributed by atoms with Crippen LogP contribution < -0.4 is 5.32 Å². The molecule has 4 heteroatoms. The molecule has 1 N–H and O–H groups in total. The molecular formula is C13H16N2S2. The van der Waals surface area contributed by atoms with Crippen LogP contribution >= 0.6 is 23.1 Å². The molecule has 2 rings (SSSR count). The van der Waals surface area contributed by atoms with Crippen LogP contribution in [0.3, 0.4) is 0 Å². The summed E-state index contributed by atoms with van der Waals surface area (Å²) in [6.45, 7) is 3.78. The van der Waals surface area contributed by atoms with Crippen LogP contribution in [0.4, 0.5) is 0 Å². The van der Waals surface area contributed by atoms with Gasteiger partial charge in [-0.25, -0.2) is 4.98 Å². The maximum Gasteiger partial charge on any atom is 0.107 e. The lowest BCUT2D eigenvalue weighted by molar-refractivity contribution is 0.688. The van der Waals surface area contributed by atoms with Crippen molar-refractivity contribution in [1.29, 1.82) is 0 Å². The van der Waals surface area contributed by atoms with Crippen molar-refractivity contribution in [1.82, 2.24) is 10.3 Å². The molecule has 0 aliphatic carbocycles. The van der Waals surface area contributed by atoms with Gasteiger partial charge in [0.15, 0.2) is 0 Å². The summed E-state index contributed by atoms with van der Waals surface area (Å²) in [5.74, 6) is 0. The van der Waals surface area contributed by atoms with Gasteiger partial charge in [-0.15, -0.1) is 23.1 Å². The Morgan fingerprint density at radius 2 is 2.00 bits per heavy atom. The molecule has 0 saturated carbocycles. The van der Waals surface area contributed by atoms with Crippen LogP contribution in [0.2, 0.25) is 0 Å². The molecule has 1 heterocycles.